The molecule has 0 saturated carbocycles. The minimum atomic E-state index is -0.365. The average Bonchev–Trinajstić information content (AvgIpc) is 2.95. The van der Waals surface area contributed by atoms with Crippen LogP contribution in [-0.2, 0) is 18.0 Å². The fourth-order valence-electron chi connectivity index (χ4n) is 2.50. The monoisotopic (exact) mass is 310 g/mol. The molecule has 0 bridgehead atoms. The van der Waals surface area contributed by atoms with Crippen molar-refractivity contribution in [3.8, 4) is 5.69 Å². The molecule has 0 aliphatic rings. The van der Waals surface area contributed by atoms with E-state index in [0.29, 0.717) is 18.9 Å². The summed E-state index contributed by atoms with van der Waals surface area (Å²) < 4.78 is 7.09. The highest BCUT2D eigenvalue weighted by molar-refractivity contribution is 5.44. The molecule has 23 heavy (non-hydrogen) atoms. The van der Waals surface area contributed by atoms with Crippen LogP contribution in [0, 0.1) is 13.8 Å². The summed E-state index contributed by atoms with van der Waals surface area (Å²) in [5.74, 6) is 0. The van der Waals surface area contributed by atoms with Gasteiger partial charge in [0.25, 0.3) is 0 Å². The standard InChI is InChI=1S/C17H18N4O2/c1-12-5-3-7-14(9-12)10-23-11-15-13(2)6-4-8-16(15)21-17(22)18-19-20-21/h3-9H,10-11H2,1-2H3,(H,18,20,22). The van der Waals surface area contributed by atoms with Gasteiger partial charge in [0.1, 0.15) is 0 Å². The number of aryl methyl sites for hydroxylation is 2. The van der Waals surface area contributed by atoms with E-state index in [1.807, 2.05) is 37.3 Å². The molecule has 1 heterocycles. The lowest BCUT2D eigenvalue weighted by molar-refractivity contribution is 0.106. The lowest BCUT2D eigenvalue weighted by Gasteiger charge is -2.12. The van der Waals surface area contributed by atoms with E-state index in [4.69, 9.17) is 4.74 Å². The van der Waals surface area contributed by atoms with Crippen molar-refractivity contribution in [3.63, 3.8) is 0 Å². The molecule has 6 heteroatoms. The van der Waals surface area contributed by atoms with Crippen LogP contribution < -0.4 is 5.69 Å². The van der Waals surface area contributed by atoms with Crippen LogP contribution in [0.25, 0.3) is 5.69 Å². The summed E-state index contributed by atoms with van der Waals surface area (Å²) in [6.45, 7) is 4.96. The maximum Gasteiger partial charge on any atom is 0.365 e. The summed E-state index contributed by atoms with van der Waals surface area (Å²) in [4.78, 5) is 11.8. The summed E-state index contributed by atoms with van der Waals surface area (Å²) in [5, 5.41) is 9.66. The Morgan fingerprint density at radius 1 is 1.13 bits per heavy atom. The Hall–Kier alpha value is -2.73. The molecule has 3 rings (SSSR count). The number of H-pyrrole nitrogens is 1. The number of tetrazole rings is 1. The van der Waals surface area contributed by atoms with Gasteiger partial charge in [-0.3, -0.25) is 0 Å². The van der Waals surface area contributed by atoms with Crippen molar-refractivity contribution in [3.05, 3.63) is 75.2 Å². The molecule has 1 N–H and O–H groups in total. The number of hydrogen-bond donors (Lipinski definition) is 1. The zero-order chi connectivity index (χ0) is 16.2. The third-order valence-electron chi connectivity index (χ3n) is 3.68. The van der Waals surface area contributed by atoms with E-state index >= 15 is 0 Å². The van der Waals surface area contributed by atoms with Crippen LogP contribution in [0.3, 0.4) is 0 Å². The summed E-state index contributed by atoms with van der Waals surface area (Å²) in [5.41, 5.74) is 4.62. The predicted octanol–water partition coefficient (Wildman–Crippen LogP) is 2.29. The quantitative estimate of drug-likeness (QED) is 0.785. The highest BCUT2D eigenvalue weighted by atomic mass is 16.5. The van der Waals surface area contributed by atoms with E-state index in [1.54, 1.807) is 0 Å². The normalized spacial score (nSPS) is 10.9. The highest BCUT2D eigenvalue weighted by Crippen LogP contribution is 2.18. The Labute approximate surface area is 133 Å². The summed E-state index contributed by atoms with van der Waals surface area (Å²) >= 11 is 0. The van der Waals surface area contributed by atoms with Gasteiger partial charge in [0.05, 0.1) is 18.9 Å². The lowest BCUT2D eigenvalue weighted by atomic mass is 10.1. The fourth-order valence-corrected chi connectivity index (χ4v) is 2.50. The first-order valence-electron chi connectivity index (χ1n) is 7.37. The van der Waals surface area contributed by atoms with Gasteiger partial charge in [0.2, 0.25) is 0 Å². The number of benzene rings is 2. The molecule has 0 saturated heterocycles. The zero-order valence-electron chi connectivity index (χ0n) is 13.1. The molecular formula is C17H18N4O2. The fraction of sp³-hybridized carbons (Fsp3) is 0.235. The minimum absolute atomic E-state index is 0.365. The van der Waals surface area contributed by atoms with E-state index in [2.05, 4.69) is 34.6 Å². The van der Waals surface area contributed by atoms with Crippen LogP contribution in [0.5, 0.6) is 0 Å². The number of nitrogens with one attached hydrogen (secondary N) is 1. The van der Waals surface area contributed by atoms with Crippen LogP contribution in [-0.4, -0.2) is 20.2 Å². The molecule has 0 unspecified atom stereocenters. The summed E-state index contributed by atoms with van der Waals surface area (Å²) in [6.07, 6.45) is 0. The number of rotatable bonds is 5. The molecule has 0 fully saturated rings. The SMILES string of the molecule is Cc1cccc(COCc2c(C)cccc2-n2nn[nH]c2=O)c1. The Balaban J connectivity index is 1.80. The molecule has 3 aromatic rings. The molecule has 2 aromatic carbocycles. The summed E-state index contributed by atoms with van der Waals surface area (Å²) in [6, 6.07) is 13.9. The number of aromatic nitrogens is 4. The topological polar surface area (TPSA) is 72.8 Å². The van der Waals surface area contributed by atoms with Crippen LogP contribution in [0.1, 0.15) is 22.3 Å². The third kappa shape index (κ3) is 3.37. The van der Waals surface area contributed by atoms with Crippen LogP contribution in [0.15, 0.2) is 47.3 Å². The Kier molecular flexibility index (Phi) is 4.34. The number of hydrogen-bond acceptors (Lipinski definition) is 4. The van der Waals surface area contributed by atoms with Crippen molar-refractivity contribution in [1.82, 2.24) is 20.2 Å². The van der Waals surface area contributed by atoms with Gasteiger partial charge in [-0.05, 0) is 41.5 Å². The first-order valence-corrected chi connectivity index (χ1v) is 7.37. The van der Waals surface area contributed by atoms with Gasteiger partial charge in [-0.25, -0.2) is 9.89 Å². The number of nitrogens with zero attached hydrogens (tertiary/aromatic N) is 3. The van der Waals surface area contributed by atoms with E-state index in [1.165, 1.54) is 10.2 Å². The molecule has 0 spiro atoms. The van der Waals surface area contributed by atoms with Crippen LogP contribution in [0.2, 0.25) is 0 Å². The molecule has 118 valence electrons. The van der Waals surface area contributed by atoms with Gasteiger partial charge in [0, 0.05) is 5.56 Å². The van der Waals surface area contributed by atoms with Gasteiger partial charge >= 0.3 is 5.69 Å². The average molecular weight is 310 g/mol. The van der Waals surface area contributed by atoms with Gasteiger partial charge in [-0.2, -0.15) is 4.68 Å². The maximum absolute atomic E-state index is 11.8. The van der Waals surface area contributed by atoms with Crippen molar-refractivity contribution in [1.29, 1.82) is 0 Å². The van der Waals surface area contributed by atoms with Crippen molar-refractivity contribution in [2.75, 3.05) is 0 Å². The van der Waals surface area contributed by atoms with Gasteiger partial charge in [-0.15, -0.1) is 0 Å². The number of ether oxygens (including phenoxy) is 1. The second-order valence-corrected chi connectivity index (χ2v) is 5.47. The Bertz CT molecular complexity index is 867. The van der Waals surface area contributed by atoms with E-state index in [0.717, 1.165) is 16.7 Å². The molecule has 1 aromatic heterocycles. The first kappa shape index (κ1) is 15.2. The maximum atomic E-state index is 11.8. The molecule has 6 nitrogen and oxygen atoms in total. The third-order valence-corrected chi connectivity index (χ3v) is 3.68. The second kappa shape index (κ2) is 6.58. The van der Waals surface area contributed by atoms with Crippen LogP contribution in [0.4, 0.5) is 0 Å². The van der Waals surface area contributed by atoms with Gasteiger partial charge < -0.3 is 4.74 Å². The molecule has 0 atom stereocenters. The lowest BCUT2D eigenvalue weighted by Crippen LogP contribution is -2.18. The van der Waals surface area contributed by atoms with E-state index in [9.17, 15) is 4.79 Å². The van der Waals surface area contributed by atoms with Crippen molar-refractivity contribution >= 4 is 0 Å². The van der Waals surface area contributed by atoms with E-state index in [-0.39, 0.29) is 5.69 Å². The minimum Gasteiger partial charge on any atom is -0.372 e. The van der Waals surface area contributed by atoms with Gasteiger partial charge in [0.15, 0.2) is 0 Å². The van der Waals surface area contributed by atoms with Crippen molar-refractivity contribution in [2.24, 2.45) is 0 Å². The molecule has 0 amide bonds. The highest BCUT2D eigenvalue weighted by Gasteiger charge is 2.11. The molecule has 0 radical (unpaired) electrons. The van der Waals surface area contributed by atoms with Gasteiger partial charge in [-0.1, -0.05) is 42.0 Å². The first-order chi connectivity index (χ1) is 11.1. The zero-order valence-corrected chi connectivity index (χ0v) is 13.1. The second-order valence-electron chi connectivity index (χ2n) is 5.47. The summed E-state index contributed by atoms with van der Waals surface area (Å²) in [7, 11) is 0. The van der Waals surface area contributed by atoms with E-state index < -0.39 is 0 Å². The molecular weight excluding hydrogens is 292 g/mol. The molecule has 0 aliphatic carbocycles. The molecule has 0 aliphatic heterocycles. The largest absolute Gasteiger partial charge is 0.372 e. The predicted molar refractivity (Wildman–Crippen MR) is 86.4 cm³/mol. The van der Waals surface area contributed by atoms with Crippen LogP contribution >= 0.6 is 0 Å². The Morgan fingerprint density at radius 2 is 1.96 bits per heavy atom. The Morgan fingerprint density at radius 3 is 2.70 bits per heavy atom. The smallest absolute Gasteiger partial charge is 0.365 e. The van der Waals surface area contributed by atoms with Crippen molar-refractivity contribution in [2.45, 2.75) is 27.1 Å². The van der Waals surface area contributed by atoms with Crippen molar-refractivity contribution < 1.29 is 4.74 Å². The number of aromatic amines is 1.